The summed E-state index contributed by atoms with van der Waals surface area (Å²) in [6.07, 6.45) is 0. The van der Waals surface area contributed by atoms with Crippen LogP contribution in [0.1, 0.15) is 56.1 Å². The number of anilines is 1. The third-order valence-electron chi connectivity index (χ3n) is 6.45. The van der Waals surface area contributed by atoms with Gasteiger partial charge in [0.1, 0.15) is 11.4 Å². The Kier molecular flexibility index (Phi) is 8.58. The first-order chi connectivity index (χ1) is 17.9. The lowest BCUT2D eigenvalue weighted by Gasteiger charge is -2.21. The van der Waals surface area contributed by atoms with Gasteiger partial charge >= 0.3 is 5.97 Å². The van der Waals surface area contributed by atoms with Crippen molar-refractivity contribution in [3.63, 3.8) is 0 Å². The van der Waals surface area contributed by atoms with E-state index < -0.39 is 5.97 Å². The highest BCUT2D eigenvalue weighted by molar-refractivity contribution is 6.00. The molecular formula is C28H34N4O5. The standard InChI is InChI=1S/C28H34N4O5/c1-19(23-8-10-24(11-9-23)28(34)36-4)29-26(33)25-20(2)30-32-13-12-31(27(25)32)17-21-6-5-7-22(16-21)18-37-15-14-35-3/h5-11,16,19H,12-15,17-18H2,1-4H3,(H,29,33)/t19-/m0/s1. The summed E-state index contributed by atoms with van der Waals surface area (Å²) in [6, 6.07) is 15.1. The number of aromatic nitrogens is 2. The molecule has 1 N–H and O–H groups in total. The number of nitrogens with zero attached hydrogens (tertiary/aromatic N) is 3. The van der Waals surface area contributed by atoms with E-state index in [0.29, 0.717) is 43.2 Å². The van der Waals surface area contributed by atoms with Gasteiger partial charge in [0.2, 0.25) is 0 Å². The van der Waals surface area contributed by atoms with Crippen molar-refractivity contribution in [2.45, 2.75) is 39.6 Å². The lowest BCUT2D eigenvalue weighted by atomic mass is 10.1. The molecule has 0 bridgehead atoms. The van der Waals surface area contributed by atoms with Crippen LogP contribution in [0.2, 0.25) is 0 Å². The molecular weight excluding hydrogens is 472 g/mol. The van der Waals surface area contributed by atoms with Crippen LogP contribution in [0.25, 0.3) is 0 Å². The van der Waals surface area contributed by atoms with E-state index in [1.807, 2.05) is 42.8 Å². The van der Waals surface area contributed by atoms with E-state index in [2.05, 4.69) is 27.4 Å². The first-order valence-electron chi connectivity index (χ1n) is 12.4. The molecule has 0 radical (unpaired) electrons. The van der Waals surface area contributed by atoms with Crippen molar-refractivity contribution in [3.05, 3.63) is 82.0 Å². The fraction of sp³-hybridized carbons (Fsp3) is 0.393. The van der Waals surface area contributed by atoms with E-state index in [9.17, 15) is 9.59 Å². The molecule has 0 aliphatic carbocycles. The Morgan fingerprint density at radius 2 is 1.81 bits per heavy atom. The third kappa shape index (κ3) is 6.18. The number of aryl methyl sites for hydroxylation is 1. The van der Waals surface area contributed by atoms with Gasteiger partial charge in [-0.15, -0.1) is 0 Å². The van der Waals surface area contributed by atoms with Crippen molar-refractivity contribution in [2.24, 2.45) is 0 Å². The molecule has 0 unspecified atom stereocenters. The van der Waals surface area contributed by atoms with Crippen LogP contribution in [0.4, 0.5) is 5.82 Å². The zero-order valence-electron chi connectivity index (χ0n) is 21.8. The maximum atomic E-state index is 13.4. The average Bonchev–Trinajstić information content (AvgIpc) is 3.44. The molecule has 2 heterocycles. The first kappa shape index (κ1) is 26.4. The second-order valence-corrected chi connectivity index (χ2v) is 9.10. The molecule has 9 heteroatoms. The zero-order chi connectivity index (χ0) is 26.4. The van der Waals surface area contributed by atoms with E-state index in [1.165, 1.54) is 7.11 Å². The van der Waals surface area contributed by atoms with Crippen molar-refractivity contribution in [1.29, 1.82) is 0 Å². The topological polar surface area (TPSA) is 94.9 Å². The zero-order valence-corrected chi connectivity index (χ0v) is 21.8. The fourth-order valence-electron chi connectivity index (χ4n) is 4.54. The minimum absolute atomic E-state index is 0.171. The molecule has 4 rings (SSSR count). The summed E-state index contributed by atoms with van der Waals surface area (Å²) in [5.41, 5.74) is 4.90. The number of amides is 1. The number of fused-ring (bicyclic) bond motifs is 1. The van der Waals surface area contributed by atoms with Crippen LogP contribution in [0.15, 0.2) is 48.5 Å². The molecule has 37 heavy (non-hydrogen) atoms. The van der Waals surface area contributed by atoms with Crippen LogP contribution in [0.5, 0.6) is 0 Å². The molecule has 1 atom stereocenters. The van der Waals surface area contributed by atoms with Crippen molar-refractivity contribution in [3.8, 4) is 0 Å². The molecule has 1 aliphatic rings. The van der Waals surface area contributed by atoms with E-state index in [4.69, 9.17) is 14.2 Å². The quantitative estimate of drug-likeness (QED) is 0.313. The molecule has 1 amide bonds. The molecule has 3 aromatic rings. The Balaban J connectivity index is 1.46. The lowest BCUT2D eigenvalue weighted by Crippen LogP contribution is -2.29. The van der Waals surface area contributed by atoms with Gasteiger partial charge in [-0.2, -0.15) is 5.10 Å². The number of methoxy groups -OCH3 is 2. The number of carbonyl (C=O) groups excluding carboxylic acids is 2. The maximum absolute atomic E-state index is 13.4. The smallest absolute Gasteiger partial charge is 0.337 e. The van der Waals surface area contributed by atoms with E-state index in [1.54, 1.807) is 19.2 Å². The van der Waals surface area contributed by atoms with Crippen molar-refractivity contribution in [1.82, 2.24) is 15.1 Å². The molecule has 9 nitrogen and oxygen atoms in total. The first-order valence-corrected chi connectivity index (χ1v) is 12.4. The largest absolute Gasteiger partial charge is 0.465 e. The van der Waals surface area contributed by atoms with Gasteiger partial charge in [0, 0.05) is 20.2 Å². The number of ether oxygens (including phenoxy) is 3. The molecule has 1 aliphatic heterocycles. The van der Waals surface area contributed by atoms with Gasteiger partial charge < -0.3 is 24.4 Å². The summed E-state index contributed by atoms with van der Waals surface area (Å²) in [6.45, 7) is 7.61. The second-order valence-electron chi connectivity index (χ2n) is 9.10. The number of hydrogen-bond acceptors (Lipinski definition) is 7. The van der Waals surface area contributed by atoms with E-state index in [-0.39, 0.29) is 11.9 Å². The summed E-state index contributed by atoms with van der Waals surface area (Å²) in [5.74, 6) is 0.277. The van der Waals surface area contributed by atoms with Gasteiger partial charge in [0.15, 0.2) is 0 Å². The Hall–Kier alpha value is -3.69. The average molecular weight is 507 g/mol. The number of esters is 1. The monoisotopic (exact) mass is 506 g/mol. The van der Waals surface area contributed by atoms with Gasteiger partial charge in [-0.05, 0) is 42.7 Å². The van der Waals surface area contributed by atoms with Crippen LogP contribution in [-0.4, -0.2) is 55.6 Å². The highest BCUT2D eigenvalue weighted by Gasteiger charge is 2.30. The highest BCUT2D eigenvalue weighted by Crippen LogP contribution is 2.30. The van der Waals surface area contributed by atoms with E-state index in [0.717, 1.165) is 35.6 Å². The summed E-state index contributed by atoms with van der Waals surface area (Å²) in [4.78, 5) is 27.3. The summed E-state index contributed by atoms with van der Waals surface area (Å²) >= 11 is 0. The number of carbonyl (C=O) groups is 2. The Labute approximate surface area is 217 Å². The van der Waals surface area contributed by atoms with Gasteiger partial charge in [0.05, 0.1) is 50.8 Å². The highest BCUT2D eigenvalue weighted by atomic mass is 16.5. The van der Waals surface area contributed by atoms with Gasteiger partial charge in [-0.25, -0.2) is 9.48 Å². The predicted octanol–water partition coefficient (Wildman–Crippen LogP) is 3.65. The molecule has 1 aromatic heterocycles. The predicted molar refractivity (Wildman–Crippen MR) is 140 cm³/mol. The molecule has 196 valence electrons. The van der Waals surface area contributed by atoms with E-state index >= 15 is 0 Å². The summed E-state index contributed by atoms with van der Waals surface area (Å²) < 4.78 is 17.4. The Morgan fingerprint density at radius 1 is 1.05 bits per heavy atom. The van der Waals surface area contributed by atoms with Gasteiger partial charge in [0.25, 0.3) is 5.91 Å². The summed E-state index contributed by atoms with van der Waals surface area (Å²) in [5, 5.41) is 7.73. The maximum Gasteiger partial charge on any atom is 0.337 e. The number of rotatable bonds is 11. The Bertz CT molecular complexity index is 1240. The minimum Gasteiger partial charge on any atom is -0.465 e. The number of benzene rings is 2. The summed E-state index contributed by atoms with van der Waals surface area (Å²) in [7, 11) is 3.01. The molecule has 0 saturated heterocycles. The van der Waals surface area contributed by atoms with Crippen LogP contribution >= 0.6 is 0 Å². The molecule has 0 fully saturated rings. The van der Waals surface area contributed by atoms with Gasteiger partial charge in [-0.1, -0.05) is 36.4 Å². The molecule has 0 saturated carbocycles. The lowest BCUT2D eigenvalue weighted by molar-refractivity contribution is 0.0600. The molecule has 0 spiro atoms. The van der Waals surface area contributed by atoms with Crippen LogP contribution in [-0.2, 0) is 33.9 Å². The second kappa shape index (κ2) is 12.0. The normalized spacial score (nSPS) is 13.4. The van der Waals surface area contributed by atoms with Crippen LogP contribution in [0.3, 0.4) is 0 Å². The fourth-order valence-corrected chi connectivity index (χ4v) is 4.54. The van der Waals surface area contributed by atoms with Crippen LogP contribution < -0.4 is 10.2 Å². The van der Waals surface area contributed by atoms with Crippen molar-refractivity contribution >= 4 is 17.7 Å². The van der Waals surface area contributed by atoms with Crippen molar-refractivity contribution in [2.75, 3.05) is 38.9 Å². The van der Waals surface area contributed by atoms with Crippen molar-refractivity contribution < 1.29 is 23.8 Å². The third-order valence-corrected chi connectivity index (χ3v) is 6.45. The Morgan fingerprint density at radius 3 is 2.54 bits per heavy atom. The van der Waals surface area contributed by atoms with Crippen LogP contribution in [0, 0.1) is 6.92 Å². The molecule has 2 aromatic carbocycles. The number of hydrogen-bond donors (Lipinski definition) is 1. The van der Waals surface area contributed by atoms with Gasteiger partial charge in [-0.3, -0.25) is 4.79 Å². The number of nitrogens with one attached hydrogen (secondary N) is 1. The minimum atomic E-state index is -0.390. The SMILES string of the molecule is COCCOCc1cccc(CN2CCn3nc(C)c(C(=O)N[C@@H](C)c4ccc(C(=O)OC)cc4)c32)c1.